The topological polar surface area (TPSA) is 75.7 Å². The summed E-state index contributed by atoms with van der Waals surface area (Å²) in [4.78, 5) is 21.0. The lowest BCUT2D eigenvalue weighted by Gasteiger charge is -2.06. The van der Waals surface area contributed by atoms with Crippen molar-refractivity contribution >= 4 is 11.9 Å². The number of aliphatic carboxylic acids is 1. The van der Waals surface area contributed by atoms with E-state index in [0.29, 0.717) is 5.75 Å². The van der Waals surface area contributed by atoms with Gasteiger partial charge in [-0.3, -0.25) is 4.79 Å². The molecule has 0 radical (unpaired) electrons. The minimum Gasteiger partial charge on any atom is -0.550 e. The van der Waals surface area contributed by atoms with Gasteiger partial charge in [-0.2, -0.15) is 0 Å². The monoisotopic (exact) mass is 223 g/mol. The second kappa shape index (κ2) is 5.75. The van der Waals surface area contributed by atoms with E-state index in [2.05, 4.69) is 0 Å². The second-order valence-corrected chi connectivity index (χ2v) is 3.06. The largest absolute Gasteiger partial charge is 0.550 e. The van der Waals surface area contributed by atoms with Crippen molar-refractivity contribution < 1.29 is 24.2 Å². The molecule has 0 fully saturated rings. The van der Waals surface area contributed by atoms with Crippen LogP contribution in [0.5, 0.6) is 5.75 Å². The van der Waals surface area contributed by atoms with Crippen LogP contribution in [0.1, 0.15) is 12.0 Å². The number of carboxylic acids is 1. The lowest BCUT2D eigenvalue weighted by molar-refractivity contribution is -0.305. The first-order chi connectivity index (χ1) is 7.61. The van der Waals surface area contributed by atoms with Gasteiger partial charge < -0.3 is 19.4 Å². The Morgan fingerprint density at radius 2 is 1.88 bits per heavy atom. The average molecular weight is 223 g/mol. The summed E-state index contributed by atoms with van der Waals surface area (Å²) in [6.45, 7) is 0.0378. The van der Waals surface area contributed by atoms with Crippen LogP contribution in [-0.4, -0.2) is 19.0 Å². The molecular weight excluding hydrogens is 212 g/mol. The molecule has 0 aliphatic heterocycles. The van der Waals surface area contributed by atoms with E-state index in [-0.39, 0.29) is 6.61 Å². The highest BCUT2D eigenvalue weighted by molar-refractivity contribution is 5.88. The SMILES string of the molecule is COc1ccc(COC(=O)CC(=O)[O-])cc1. The van der Waals surface area contributed by atoms with E-state index in [1.165, 1.54) is 0 Å². The molecule has 5 nitrogen and oxygen atoms in total. The normalized spacial score (nSPS) is 9.56. The molecule has 0 saturated heterocycles. The summed E-state index contributed by atoms with van der Waals surface area (Å²) in [6, 6.07) is 6.90. The van der Waals surface area contributed by atoms with Crippen LogP contribution >= 0.6 is 0 Å². The summed E-state index contributed by atoms with van der Waals surface area (Å²) in [5.74, 6) is -1.56. The summed E-state index contributed by atoms with van der Waals surface area (Å²) >= 11 is 0. The Balaban J connectivity index is 2.42. The molecule has 16 heavy (non-hydrogen) atoms. The molecule has 0 bridgehead atoms. The van der Waals surface area contributed by atoms with Crippen molar-refractivity contribution in [3.63, 3.8) is 0 Å². The van der Waals surface area contributed by atoms with Crippen LogP contribution in [-0.2, 0) is 20.9 Å². The van der Waals surface area contributed by atoms with Gasteiger partial charge in [-0.05, 0) is 17.7 Å². The lowest BCUT2D eigenvalue weighted by Crippen LogP contribution is -2.26. The van der Waals surface area contributed by atoms with Crippen LogP contribution in [0, 0.1) is 0 Å². The van der Waals surface area contributed by atoms with E-state index in [1.807, 2.05) is 0 Å². The summed E-state index contributed by atoms with van der Waals surface area (Å²) in [5, 5.41) is 10.1. The highest BCUT2D eigenvalue weighted by Gasteiger charge is 2.03. The molecule has 0 aromatic heterocycles. The van der Waals surface area contributed by atoms with Gasteiger partial charge in [-0.1, -0.05) is 12.1 Å². The van der Waals surface area contributed by atoms with Crippen molar-refractivity contribution in [3.8, 4) is 5.75 Å². The molecule has 5 heteroatoms. The number of methoxy groups -OCH3 is 1. The van der Waals surface area contributed by atoms with E-state index in [1.54, 1.807) is 31.4 Å². The Kier molecular flexibility index (Phi) is 4.32. The fourth-order valence-electron chi connectivity index (χ4n) is 1.05. The molecule has 0 N–H and O–H groups in total. The zero-order chi connectivity index (χ0) is 12.0. The predicted octanol–water partition coefficient (Wildman–Crippen LogP) is -0.122. The molecule has 1 aromatic carbocycles. The standard InChI is InChI=1S/C11H12O5/c1-15-9-4-2-8(3-5-9)7-16-11(14)6-10(12)13/h2-5H,6-7H2,1H3,(H,12,13)/p-1. The molecular formula is C11H11O5-. The first kappa shape index (κ1) is 12.0. The zero-order valence-electron chi connectivity index (χ0n) is 8.76. The number of esters is 1. The van der Waals surface area contributed by atoms with Crippen molar-refractivity contribution in [2.24, 2.45) is 0 Å². The number of benzene rings is 1. The van der Waals surface area contributed by atoms with Crippen LogP contribution in [0.2, 0.25) is 0 Å². The third-order valence-electron chi connectivity index (χ3n) is 1.85. The van der Waals surface area contributed by atoms with Crippen LogP contribution in [0.3, 0.4) is 0 Å². The smallest absolute Gasteiger partial charge is 0.311 e. The number of rotatable bonds is 5. The van der Waals surface area contributed by atoms with Gasteiger partial charge in [0, 0.05) is 0 Å². The number of carbonyl (C=O) groups is 2. The number of ether oxygens (including phenoxy) is 2. The molecule has 86 valence electrons. The highest BCUT2D eigenvalue weighted by atomic mass is 16.5. The number of hydrogen-bond acceptors (Lipinski definition) is 5. The van der Waals surface area contributed by atoms with Gasteiger partial charge in [-0.15, -0.1) is 0 Å². The molecule has 0 aliphatic rings. The van der Waals surface area contributed by atoms with Crippen molar-refractivity contribution in [3.05, 3.63) is 29.8 Å². The maximum Gasteiger partial charge on any atom is 0.311 e. The molecule has 1 aromatic rings. The van der Waals surface area contributed by atoms with Crippen molar-refractivity contribution in [1.29, 1.82) is 0 Å². The van der Waals surface area contributed by atoms with Crippen LogP contribution in [0.15, 0.2) is 24.3 Å². The average Bonchev–Trinajstić information content (AvgIpc) is 2.26. The van der Waals surface area contributed by atoms with Crippen molar-refractivity contribution in [2.75, 3.05) is 7.11 Å². The van der Waals surface area contributed by atoms with E-state index in [0.717, 1.165) is 5.56 Å². The Bertz CT molecular complexity index is 368. The van der Waals surface area contributed by atoms with Gasteiger partial charge in [0.15, 0.2) is 0 Å². The van der Waals surface area contributed by atoms with E-state index < -0.39 is 18.4 Å². The fraction of sp³-hybridized carbons (Fsp3) is 0.273. The third-order valence-corrected chi connectivity index (χ3v) is 1.85. The van der Waals surface area contributed by atoms with Crippen molar-refractivity contribution in [1.82, 2.24) is 0 Å². The summed E-state index contributed by atoms with van der Waals surface area (Å²) in [5.41, 5.74) is 0.757. The number of carboxylic acid groups (broad SMARTS) is 1. The maximum atomic E-state index is 10.9. The van der Waals surface area contributed by atoms with Gasteiger partial charge in [0.25, 0.3) is 0 Å². The molecule has 1 rings (SSSR count). The Morgan fingerprint density at radius 1 is 1.25 bits per heavy atom. The quantitative estimate of drug-likeness (QED) is 0.513. The van der Waals surface area contributed by atoms with Gasteiger partial charge in [-0.25, -0.2) is 0 Å². The van der Waals surface area contributed by atoms with E-state index in [4.69, 9.17) is 9.47 Å². The van der Waals surface area contributed by atoms with Gasteiger partial charge in [0.1, 0.15) is 12.4 Å². The Morgan fingerprint density at radius 3 is 2.38 bits per heavy atom. The fourth-order valence-corrected chi connectivity index (χ4v) is 1.05. The highest BCUT2D eigenvalue weighted by Crippen LogP contribution is 2.11. The van der Waals surface area contributed by atoms with Crippen molar-refractivity contribution in [2.45, 2.75) is 13.0 Å². The number of hydrogen-bond donors (Lipinski definition) is 0. The van der Waals surface area contributed by atoms with Crippen LogP contribution in [0.25, 0.3) is 0 Å². The molecule has 0 unspecified atom stereocenters. The van der Waals surface area contributed by atoms with Crippen LogP contribution < -0.4 is 9.84 Å². The van der Waals surface area contributed by atoms with Gasteiger partial charge in [0.05, 0.1) is 19.5 Å². The summed E-state index contributed by atoms with van der Waals surface area (Å²) < 4.78 is 9.67. The zero-order valence-corrected chi connectivity index (χ0v) is 8.76. The van der Waals surface area contributed by atoms with Gasteiger partial charge in [0.2, 0.25) is 0 Å². The predicted molar refractivity (Wildman–Crippen MR) is 52.4 cm³/mol. The van der Waals surface area contributed by atoms with E-state index >= 15 is 0 Å². The second-order valence-electron chi connectivity index (χ2n) is 3.06. The Labute approximate surface area is 92.6 Å². The first-order valence-corrected chi connectivity index (χ1v) is 4.60. The molecule has 0 heterocycles. The minimum atomic E-state index is -1.44. The molecule has 0 amide bonds. The molecule has 0 saturated carbocycles. The third kappa shape index (κ3) is 4.00. The summed E-state index contributed by atoms with van der Waals surface area (Å²) in [6.07, 6.45) is -0.726. The lowest BCUT2D eigenvalue weighted by atomic mass is 10.2. The van der Waals surface area contributed by atoms with Gasteiger partial charge >= 0.3 is 5.97 Å². The first-order valence-electron chi connectivity index (χ1n) is 4.60. The minimum absolute atomic E-state index is 0.0378. The van der Waals surface area contributed by atoms with Crippen LogP contribution in [0.4, 0.5) is 0 Å². The molecule has 0 aliphatic carbocycles. The Hall–Kier alpha value is -2.04. The summed E-state index contributed by atoms with van der Waals surface area (Å²) in [7, 11) is 1.55. The maximum absolute atomic E-state index is 10.9. The molecule has 0 spiro atoms. The number of carbonyl (C=O) groups excluding carboxylic acids is 2. The molecule has 0 atom stereocenters. The van der Waals surface area contributed by atoms with E-state index in [9.17, 15) is 14.7 Å².